The van der Waals surface area contributed by atoms with Crippen molar-refractivity contribution in [3.63, 3.8) is 0 Å². The molecule has 104 valence electrons. The van der Waals surface area contributed by atoms with Crippen LogP contribution in [0.4, 0.5) is 0 Å². The lowest BCUT2D eigenvalue weighted by atomic mass is 10.2. The van der Waals surface area contributed by atoms with Gasteiger partial charge < -0.3 is 4.98 Å². The summed E-state index contributed by atoms with van der Waals surface area (Å²) in [7, 11) is 0. The molecule has 0 saturated heterocycles. The van der Waals surface area contributed by atoms with E-state index in [-0.39, 0.29) is 5.56 Å². The third-order valence-corrected chi connectivity index (χ3v) is 4.16. The maximum absolute atomic E-state index is 11.6. The molecule has 0 atom stereocenters. The van der Waals surface area contributed by atoms with E-state index in [1.165, 1.54) is 17.8 Å². The van der Waals surface area contributed by atoms with Crippen LogP contribution < -0.4 is 5.56 Å². The van der Waals surface area contributed by atoms with E-state index in [0.29, 0.717) is 10.7 Å². The second-order valence-corrected chi connectivity index (χ2v) is 6.11. The van der Waals surface area contributed by atoms with E-state index in [4.69, 9.17) is 0 Å². The monoisotopic (exact) mass is 352 g/mol. The van der Waals surface area contributed by atoms with E-state index in [9.17, 15) is 9.59 Å². The number of nitrogens with one attached hydrogen (secondary N) is 1. The summed E-state index contributed by atoms with van der Waals surface area (Å²) >= 11 is 4.70. The molecular formula is C14H13BrN2O2S. The number of aryl methyl sites for hydroxylation is 1. The topological polar surface area (TPSA) is 62.8 Å². The van der Waals surface area contributed by atoms with Gasteiger partial charge >= 0.3 is 0 Å². The van der Waals surface area contributed by atoms with Gasteiger partial charge in [-0.1, -0.05) is 41.0 Å². The number of benzene rings is 1. The van der Waals surface area contributed by atoms with Crippen molar-refractivity contribution in [2.24, 2.45) is 0 Å². The molecule has 0 aliphatic heterocycles. The average molecular weight is 353 g/mol. The number of nitrogens with zero attached hydrogens (tertiary/aromatic N) is 1. The van der Waals surface area contributed by atoms with Crippen LogP contribution in [0.15, 0.2) is 43.6 Å². The first-order valence-electron chi connectivity index (χ1n) is 6.15. The van der Waals surface area contributed by atoms with Gasteiger partial charge in [0.2, 0.25) is 0 Å². The van der Waals surface area contributed by atoms with Gasteiger partial charge in [-0.3, -0.25) is 9.59 Å². The van der Waals surface area contributed by atoms with Gasteiger partial charge in [-0.2, -0.15) is 0 Å². The summed E-state index contributed by atoms with van der Waals surface area (Å²) in [4.78, 5) is 30.4. The molecule has 0 radical (unpaired) electrons. The molecule has 0 spiro atoms. The lowest BCUT2D eigenvalue weighted by Gasteiger charge is -2.04. The number of halogens is 1. The number of hydrogen-bond donors (Lipinski definition) is 1. The third kappa shape index (κ3) is 3.80. The zero-order valence-electron chi connectivity index (χ0n) is 10.9. The van der Waals surface area contributed by atoms with Gasteiger partial charge in [0.05, 0.1) is 0 Å². The Bertz CT molecular complexity index is 685. The van der Waals surface area contributed by atoms with Gasteiger partial charge in [-0.05, 0) is 24.6 Å². The fourth-order valence-corrected chi connectivity index (χ4v) is 3.17. The largest absolute Gasteiger partial charge is 0.301 e. The Labute approximate surface area is 129 Å². The molecule has 2 rings (SSSR count). The summed E-state index contributed by atoms with van der Waals surface area (Å²) in [5, 5.41) is 0.562. The molecule has 1 aromatic carbocycles. The second-order valence-electron chi connectivity index (χ2n) is 4.20. The van der Waals surface area contributed by atoms with Gasteiger partial charge in [-0.25, -0.2) is 4.98 Å². The molecular weight excluding hydrogens is 340 g/mol. The van der Waals surface area contributed by atoms with Crippen LogP contribution in [-0.4, -0.2) is 16.3 Å². The fraction of sp³-hybridized carbons (Fsp3) is 0.214. The zero-order chi connectivity index (χ0) is 14.5. The Hall–Kier alpha value is -1.40. The summed E-state index contributed by atoms with van der Waals surface area (Å²) in [6.07, 6.45) is 2.52. The lowest BCUT2D eigenvalue weighted by Crippen LogP contribution is -2.09. The van der Waals surface area contributed by atoms with E-state index < -0.39 is 0 Å². The molecule has 0 aliphatic carbocycles. The molecule has 0 aliphatic rings. The first-order valence-corrected chi connectivity index (χ1v) is 7.76. The molecule has 4 nitrogen and oxygen atoms in total. The third-order valence-electron chi connectivity index (χ3n) is 2.59. The van der Waals surface area contributed by atoms with Gasteiger partial charge in [0.15, 0.2) is 11.4 Å². The fourth-order valence-electron chi connectivity index (χ4n) is 1.69. The number of H-pyrrole nitrogens is 1. The molecule has 1 heterocycles. The van der Waals surface area contributed by atoms with Crippen molar-refractivity contribution in [1.82, 2.24) is 9.97 Å². The second kappa shape index (κ2) is 6.85. The predicted molar refractivity (Wildman–Crippen MR) is 82.5 cm³/mol. The zero-order valence-corrected chi connectivity index (χ0v) is 13.3. The summed E-state index contributed by atoms with van der Waals surface area (Å²) in [6.45, 7) is 2.05. The Morgan fingerprint density at radius 3 is 2.85 bits per heavy atom. The number of carbonyl (C=O) groups excluding carboxylic acids is 1. The highest BCUT2D eigenvalue weighted by molar-refractivity contribution is 9.10. The summed E-state index contributed by atoms with van der Waals surface area (Å²) in [5.74, 6) is 0. The Kier molecular flexibility index (Phi) is 5.14. The maximum atomic E-state index is 11.6. The van der Waals surface area contributed by atoms with Crippen LogP contribution in [0.2, 0.25) is 0 Å². The van der Waals surface area contributed by atoms with Gasteiger partial charge in [-0.15, -0.1) is 0 Å². The molecule has 6 heteroatoms. The number of hydrogen-bond acceptors (Lipinski definition) is 4. The van der Waals surface area contributed by atoms with Crippen molar-refractivity contribution in [2.75, 3.05) is 0 Å². The molecule has 1 aromatic heterocycles. The van der Waals surface area contributed by atoms with Crippen LogP contribution in [0.1, 0.15) is 29.4 Å². The molecule has 0 bridgehead atoms. The standard InChI is InChI=1S/C14H13BrN2O2S/c1-2-3-10-6-13(19)17-14(16-10)20-11-5-4-9(8-18)12(15)7-11/h4-8H,2-3H2,1H3,(H,16,17,19). The molecule has 0 amide bonds. The first kappa shape index (κ1) is 15.0. The summed E-state index contributed by atoms with van der Waals surface area (Å²) < 4.78 is 0.726. The number of aldehydes is 1. The van der Waals surface area contributed by atoms with Crippen molar-refractivity contribution >= 4 is 34.0 Å². The maximum Gasteiger partial charge on any atom is 0.251 e. The van der Waals surface area contributed by atoms with Gasteiger partial charge in [0, 0.05) is 26.7 Å². The highest BCUT2D eigenvalue weighted by atomic mass is 79.9. The Morgan fingerprint density at radius 1 is 1.40 bits per heavy atom. The van der Waals surface area contributed by atoms with Crippen LogP contribution in [0.25, 0.3) is 0 Å². The van der Waals surface area contributed by atoms with E-state index in [0.717, 1.165) is 34.2 Å². The lowest BCUT2D eigenvalue weighted by molar-refractivity contribution is 0.112. The van der Waals surface area contributed by atoms with Crippen molar-refractivity contribution < 1.29 is 4.79 Å². The average Bonchev–Trinajstić information content (AvgIpc) is 2.38. The molecule has 0 fully saturated rings. The minimum Gasteiger partial charge on any atom is -0.301 e. The van der Waals surface area contributed by atoms with Crippen LogP contribution in [0, 0.1) is 0 Å². The predicted octanol–water partition coefficient (Wildman–Crippen LogP) is 3.45. The van der Waals surface area contributed by atoms with Crippen LogP contribution in [0.3, 0.4) is 0 Å². The highest BCUT2D eigenvalue weighted by Gasteiger charge is 2.06. The molecule has 0 unspecified atom stereocenters. The van der Waals surface area contributed by atoms with E-state index in [2.05, 4.69) is 25.9 Å². The first-order chi connectivity index (χ1) is 9.62. The molecule has 2 aromatic rings. The smallest absolute Gasteiger partial charge is 0.251 e. The summed E-state index contributed by atoms with van der Waals surface area (Å²) in [5.41, 5.74) is 1.24. The van der Waals surface area contributed by atoms with Gasteiger partial charge in [0.1, 0.15) is 0 Å². The Balaban J connectivity index is 2.27. The van der Waals surface area contributed by atoms with Crippen molar-refractivity contribution in [1.29, 1.82) is 0 Å². The molecule has 20 heavy (non-hydrogen) atoms. The number of aromatic nitrogens is 2. The van der Waals surface area contributed by atoms with Crippen molar-refractivity contribution in [3.05, 3.63) is 50.3 Å². The van der Waals surface area contributed by atoms with Crippen LogP contribution >= 0.6 is 27.7 Å². The SMILES string of the molecule is CCCc1cc(=O)[nH]c(Sc2ccc(C=O)c(Br)c2)n1. The molecule has 1 N–H and O–H groups in total. The normalized spacial score (nSPS) is 10.5. The van der Waals surface area contributed by atoms with E-state index >= 15 is 0 Å². The number of carbonyl (C=O) groups is 1. The van der Waals surface area contributed by atoms with Crippen LogP contribution in [0.5, 0.6) is 0 Å². The number of rotatable bonds is 5. The Morgan fingerprint density at radius 2 is 2.20 bits per heavy atom. The van der Waals surface area contributed by atoms with Crippen molar-refractivity contribution in [2.45, 2.75) is 29.8 Å². The van der Waals surface area contributed by atoms with E-state index in [1.807, 2.05) is 19.1 Å². The van der Waals surface area contributed by atoms with Crippen LogP contribution in [-0.2, 0) is 6.42 Å². The van der Waals surface area contributed by atoms with Gasteiger partial charge in [0.25, 0.3) is 5.56 Å². The summed E-state index contributed by atoms with van der Waals surface area (Å²) in [6, 6.07) is 6.92. The number of aromatic amines is 1. The van der Waals surface area contributed by atoms with Crippen molar-refractivity contribution in [3.8, 4) is 0 Å². The van der Waals surface area contributed by atoms with E-state index in [1.54, 1.807) is 6.07 Å². The highest BCUT2D eigenvalue weighted by Crippen LogP contribution is 2.28. The minimum atomic E-state index is -0.144. The molecule has 0 saturated carbocycles. The quantitative estimate of drug-likeness (QED) is 0.661. The minimum absolute atomic E-state index is 0.144.